The van der Waals surface area contributed by atoms with Gasteiger partial charge in [-0.3, -0.25) is 4.90 Å². The van der Waals surface area contributed by atoms with Crippen LogP contribution in [-0.2, 0) is 6.54 Å². The van der Waals surface area contributed by atoms with Gasteiger partial charge in [0.15, 0.2) is 0 Å². The fourth-order valence-electron chi connectivity index (χ4n) is 2.59. The highest BCUT2D eigenvalue weighted by Gasteiger charge is 2.20. The number of benzene rings is 1. The predicted octanol–water partition coefficient (Wildman–Crippen LogP) is 2.45. The lowest BCUT2D eigenvalue weighted by molar-refractivity contribution is 0.129. The molecule has 1 saturated heterocycles. The number of hydrogen-bond donors (Lipinski definition) is 1. The van der Waals surface area contributed by atoms with E-state index in [1.165, 1.54) is 24.9 Å². The van der Waals surface area contributed by atoms with Crippen LogP contribution in [0.2, 0.25) is 5.02 Å². The number of likely N-dealkylation sites (tertiary alicyclic amines) is 1. The Bertz CT molecular complexity index is 408. The smallest absolute Gasteiger partial charge is 0.0638 e. The zero-order chi connectivity index (χ0) is 13.1. The van der Waals surface area contributed by atoms with Crippen LogP contribution >= 0.6 is 11.6 Å². The van der Waals surface area contributed by atoms with Gasteiger partial charge in [-0.15, -0.1) is 0 Å². The van der Waals surface area contributed by atoms with Crippen molar-refractivity contribution in [3.8, 4) is 0 Å². The first kappa shape index (κ1) is 13.7. The van der Waals surface area contributed by atoms with Crippen LogP contribution in [0, 0.1) is 0 Å². The van der Waals surface area contributed by atoms with E-state index in [9.17, 15) is 0 Å². The number of rotatable bonds is 3. The average Bonchev–Trinajstić information content (AvgIpc) is 2.34. The van der Waals surface area contributed by atoms with Gasteiger partial charge in [0.1, 0.15) is 0 Å². The Labute approximate surface area is 115 Å². The first-order valence-corrected chi connectivity index (χ1v) is 6.87. The summed E-state index contributed by atoms with van der Waals surface area (Å²) in [6.07, 6.45) is 2.57. The van der Waals surface area contributed by atoms with Gasteiger partial charge in [0, 0.05) is 19.1 Å². The molecule has 0 bridgehead atoms. The van der Waals surface area contributed by atoms with E-state index in [1.54, 1.807) is 0 Å². The molecule has 1 atom stereocenters. The van der Waals surface area contributed by atoms with Crippen LogP contribution in [0.15, 0.2) is 18.2 Å². The zero-order valence-corrected chi connectivity index (χ0v) is 12.0. The van der Waals surface area contributed by atoms with Crippen molar-refractivity contribution in [2.45, 2.75) is 25.4 Å². The summed E-state index contributed by atoms with van der Waals surface area (Å²) in [5, 5.41) is 0.654. The number of anilines is 1. The van der Waals surface area contributed by atoms with E-state index < -0.39 is 0 Å². The quantitative estimate of drug-likeness (QED) is 0.854. The molecule has 2 N–H and O–H groups in total. The predicted molar refractivity (Wildman–Crippen MR) is 77.9 cm³/mol. The van der Waals surface area contributed by atoms with Crippen molar-refractivity contribution in [1.29, 1.82) is 0 Å². The Kier molecular flexibility index (Phi) is 4.49. The molecule has 0 amide bonds. The zero-order valence-electron chi connectivity index (χ0n) is 11.2. The molecule has 0 saturated carbocycles. The second-order valence-corrected chi connectivity index (χ2v) is 5.74. The van der Waals surface area contributed by atoms with Gasteiger partial charge in [0.2, 0.25) is 0 Å². The summed E-state index contributed by atoms with van der Waals surface area (Å²) >= 11 is 6.05. The van der Waals surface area contributed by atoms with Gasteiger partial charge in [-0.25, -0.2) is 0 Å². The number of nitrogens with two attached hydrogens (primary N) is 1. The number of piperidine rings is 1. The normalized spacial score (nSPS) is 21.4. The summed E-state index contributed by atoms with van der Waals surface area (Å²) in [6, 6.07) is 6.56. The first-order valence-electron chi connectivity index (χ1n) is 6.49. The van der Waals surface area contributed by atoms with Gasteiger partial charge in [0.25, 0.3) is 0 Å². The van der Waals surface area contributed by atoms with Gasteiger partial charge < -0.3 is 10.6 Å². The van der Waals surface area contributed by atoms with Gasteiger partial charge >= 0.3 is 0 Å². The molecule has 1 aromatic rings. The molecule has 18 heavy (non-hydrogen) atoms. The van der Waals surface area contributed by atoms with Gasteiger partial charge in [-0.05, 0) is 51.2 Å². The van der Waals surface area contributed by atoms with Crippen molar-refractivity contribution in [1.82, 2.24) is 9.80 Å². The van der Waals surface area contributed by atoms with E-state index in [0.717, 1.165) is 13.1 Å². The van der Waals surface area contributed by atoms with Crippen molar-refractivity contribution >= 4 is 17.3 Å². The Hall–Kier alpha value is -0.770. The Morgan fingerprint density at radius 1 is 1.50 bits per heavy atom. The van der Waals surface area contributed by atoms with Crippen LogP contribution in [0.3, 0.4) is 0 Å². The van der Waals surface area contributed by atoms with Gasteiger partial charge in [-0.2, -0.15) is 0 Å². The molecule has 1 heterocycles. The number of nitrogen functional groups attached to an aromatic ring is 1. The minimum Gasteiger partial charge on any atom is -0.398 e. The Balaban J connectivity index is 1.97. The molecule has 2 rings (SSSR count). The van der Waals surface area contributed by atoms with Crippen molar-refractivity contribution in [2.75, 3.05) is 32.9 Å². The van der Waals surface area contributed by atoms with E-state index in [1.807, 2.05) is 12.1 Å². The summed E-state index contributed by atoms with van der Waals surface area (Å²) < 4.78 is 0. The molecule has 1 aliphatic rings. The molecular weight excluding hydrogens is 246 g/mol. The molecule has 1 aromatic carbocycles. The second-order valence-electron chi connectivity index (χ2n) is 5.33. The van der Waals surface area contributed by atoms with Crippen LogP contribution in [0.4, 0.5) is 5.69 Å². The highest BCUT2D eigenvalue weighted by molar-refractivity contribution is 6.33. The highest BCUT2D eigenvalue weighted by atomic mass is 35.5. The van der Waals surface area contributed by atoms with E-state index in [4.69, 9.17) is 17.3 Å². The molecule has 1 fully saturated rings. The van der Waals surface area contributed by atoms with Crippen molar-refractivity contribution in [2.24, 2.45) is 0 Å². The molecule has 0 aromatic heterocycles. The molecule has 4 heteroatoms. The van der Waals surface area contributed by atoms with Crippen LogP contribution in [0.5, 0.6) is 0 Å². The lowest BCUT2D eigenvalue weighted by atomic mass is 10.0. The molecule has 0 radical (unpaired) electrons. The average molecular weight is 268 g/mol. The van der Waals surface area contributed by atoms with Crippen LogP contribution in [0.1, 0.15) is 18.4 Å². The van der Waals surface area contributed by atoms with Gasteiger partial charge in [0.05, 0.1) is 10.7 Å². The molecule has 1 aliphatic heterocycles. The van der Waals surface area contributed by atoms with Crippen LogP contribution in [0.25, 0.3) is 0 Å². The van der Waals surface area contributed by atoms with E-state index >= 15 is 0 Å². The monoisotopic (exact) mass is 267 g/mol. The maximum absolute atomic E-state index is 6.05. The fourth-order valence-corrected chi connectivity index (χ4v) is 2.79. The highest BCUT2D eigenvalue weighted by Crippen LogP contribution is 2.22. The maximum Gasteiger partial charge on any atom is 0.0638 e. The Morgan fingerprint density at radius 2 is 2.28 bits per heavy atom. The summed E-state index contributed by atoms with van der Waals surface area (Å²) in [5.41, 5.74) is 7.61. The molecule has 3 nitrogen and oxygen atoms in total. The van der Waals surface area contributed by atoms with Gasteiger partial charge in [-0.1, -0.05) is 17.7 Å². The third-order valence-electron chi connectivity index (χ3n) is 3.72. The number of nitrogens with zero attached hydrogens (tertiary/aromatic N) is 2. The van der Waals surface area contributed by atoms with Crippen molar-refractivity contribution in [3.63, 3.8) is 0 Å². The lowest BCUT2D eigenvalue weighted by Gasteiger charge is -2.36. The third kappa shape index (κ3) is 3.37. The molecule has 1 unspecified atom stereocenters. The number of hydrogen-bond acceptors (Lipinski definition) is 3. The summed E-state index contributed by atoms with van der Waals surface area (Å²) in [6.45, 7) is 3.30. The molecule has 100 valence electrons. The minimum atomic E-state index is 0.639. The summed E-state index contributed by atoms with van der Waals surface area (Å²) in [5.74, 6) is 0. The SMILES string of the molecule is CN1CCCC(N(C)Cc2ccc(N)c(Cl)c2)C1. The van der Waals surface area contributed by atoms with Crippen LogP contribution < -0.4 is 5.73 Å². The van der Waals surface area contributed by atoms with Crippen LogP contribution in [-0.4, -0.2) is 43.0 Å². The topological polar surface area (TPSA) is 32.5 Å². The lowest BCUT2D eigenvalue weighted by Crippen LogP contribution is -2.44. The third-order valence-corrected chi connectivity index (χ3v) is 4.05. The van der Waals surface area contributed by atoms with E-state index in [0.29, 0.717) is 16.8 Å². The summed E-state index contributed by atoms with van der Waals surface area (Å²) in [7, 11) is 4.38. The molecular formula is C14H22ClN3. The second kappa shape index (κ2) is 5.91. The van der Waals surface area contributed by atoms with E-state index in [-0.39, 0.29) is 0 Å². The standard InChI is InChI=1S/C14H22ClN3/c1-17-7-3-4-12(10-17)18(2)9-11-5-6-14(16)13(15)8-11/h5-6,8,12H,3-4,7,9-10,16H2,1-2H3. The van der Waals surface area contributed by atoms with E-state index in [2.05, 4.69) is 30.0 Å². The maximum atomic E-state index is 6.05. The minimum absolute atomic E-state index is 0.639. The first-order chi connectivity index (χ1) is 8.56. The Morgan fingerprint density at radius 3 is 2.94 bits per heavy atom. The van der Waals surface area contributed by atoms with Crippen molar-refractivity contribution < 1.29 is 0 Å². The van der Waals surface area contributed by atoms with Crippen molar-refractivity contribution in [3.05, 3.63) is 28.8 Å². The molecule has 0 spiro atoms. The molecule has 0 aliphatic carbocycles. The number of likely N-dealkylation sites (N-methyl/N-ethyl adjacent to an activating group) is 2. The summed E-state index contributed by atoms with van der Waals surface area (Å²) in [4.78, 5) is 4.82. The fraction of sp³-hybridized carbons (Fsp3) is 0.571. The largest absolute Gasteiger partial charge is 0.398 e. The number of halogens is 1.